The largest absolute Gasteiger partial charge is 0.400 e. The maximum absolute atomic E-state index is 13.5. The Morgan fingerprint density at radius 2 is 1.67 bits per heavy atom. The summed E-state index contributed by atoms with van der Waals surface area (Å²) in [6, 6.07) is 0.284. The van der Waals surface area contributed by atoms with Crippen LogP contribution < -0.4 is 11.1 Å². The Morgan fingerprint density at radius 1 is 1.02 bits per heavy atom. The van der Waals surface area contributed by atoms with E-state index in [2.05, 4.69) is 55.9 Å². The number of primary amides is 1. The summed E-state index contributed by atoms with van der Waals surface area (Å²) in [5, 5.41) is 20.3. The van der Waals surface area contributed by atoms with Gasteiger partial charge in [-0.1, -0.05) is 85.0 Å². The molecular formula is C42H84N4O6. The van der Waals surface area contributed by atoms with Gasteiger partial charge in [-0.15, -0.1) is 0 Å². The number of hydrogen-bond acceptors (Lipinski definition) is 8. The van der Waals surface area contributed by atoms with E-state index in [-0.39, 0.29) is 25.0 Å². The van der Waals surface area contributed by atoms with Gasteiger partial charge >= 0.3 is 0 Å². The predicted octanol–water partition coefficient (Wildman–Crippen LogP) is 6.81. The first-order valence-electron chi connectivity index (χ1n) is 21.0. The number of hydroxylamine groups is 2. The van der Waals surface area contributed by atoms with Crippen molar-refractivity contribution in [1.29, 1.82) is 0 Å². The SMILES string of the molecule is CC1CCCC(C)(C)C1.CCO.CO.COC1C(CN2CCCO2)CCCC1C1CCCC(C(=O)NC(CC2CCCCC2)CN(C)C)C1.NC=O. The number of nitrogens with two attached hydrogens (primary N) is 1. The molecule has 10 nitrogen and oxygen atoms in total. The number of methoxy groups -OCH3 is 1. The lowest BCUT2D eigenvalue weighted by Gasteiger charge is -2.44. The molecule has 0 aromatic carbocycles. The van der Waals surface area contributed by atoms with E-state index in [1.807, 2.05) is 7.11 Å². The zero-order valence-electron chi connectivity index (χ0n) is 35.0. The summed E-state index contributed by atoms with van der Waals surface area (Å²) >= 11 is 0. The summed E-state index contributed by atoms with van der Waals surface area (Å²) < 4.78 is 6.18. The van der Waals surface area contributed by atoms with Crippen molar-refractivity contribution in [2.45, 2.75) is 155 Å². The Labute approximate surface area is 319 Å². The number of hydrogen-bond donors (Lipinski definition) is 4. The number of likely N-dealkylation sites (N-methyl/N-ethyl adjacent to an activating group) is 1. The average molecular weight is 741 g/mol. The van der Waals surface area contributed by atoms with Crippen molar-refractivity contribution in [3.63, 3.8) is 0 Å². The van der Waals surface area contributed by atoms with Gasteiger partial charge in [-0.25, -0.2) is 0 Å². The summed E-state index contributed by atoms with van der Waals surface area (Å²) in [6.07, 6.45) is 23.7. The minimum Gasteiger partial charge on any atom is -0.400 e. The molecule has 4 aliphatic carbocycles. The molecule has 0 aromatic heterocycles. The number of carbonyl (C=O) groups is 2. The van der Waals surface area contributed by atoms with Crippen molar-refractivity contribution >= 4 is 12.3 Å². The molecule has 7 atom stereocenters. The fraction of sp³-hybridized carbons (Fsp3) is 0.952. The van der Waals surface area contributed by atoms with Crippen LogP contribution in [0.15, 0.2) is 0 Å². The number of amides is 2. The van der Waals surface area contributed by atoms with Crippen LogP contribution in [0.1, 0.15) is 143 Å². The minimum absolute atomic E-state index is 0.171. The van der Waals surface area contributed by atoms with E-state index in [4.69, 9.17) is 24.6 Å². The van der Waals surface area contributed by atoms with Crippen LogP contribution in [0.2, 0.25) is 0 Å². The second-order valence-electron chi connectivity index (χ2n) is 17.3. The third-order valence-corrected chi connectivity index (χ3v) is 12.0. The van der Waals surface area contributed by atoms with Crippen molar-refractivity contribution in [2.75, 3.05) is 61.2 Å². The molecule has 1 heterocycles. The fourth-order valence-corrected chi connectivity index (χ4v) is 9.96. The summed E-state index contributed by atoms with van der Waals surface area (Å²) in [5.74, 6) is 4.00. The highest BCUT2D eigenvalue weighted by atomic mass is 16.7. The topological polar surface area (TPSA) is 138 Å². The van der Waals surface area contributed by atoms with Crippen LogP contribution >= 0.6 is 0 Å². The molecule has 1 aliphatic heterocycles. The molecule has 5 fully saturated rings. The highest BCUT2D eigenvalue weighted by Gasteiger charge is 2.42. The lowest BCUT2D eigenvalue weighted by atomic mass is 9.66. The van der Waals surface area contributed by atoms with Gasteiger partial charge in [-0.2, -0.15) is 5.06 Å². The van der Waals surface area contributed by atoms with Gasteiger partial charge in [0.2, 0.25) is 12.3 Å². The van der Waals surface area contributed by atoms with Gasteiger partial charge in [0.15, 0.2) is 0 Å². The van der Waals surface area contributed by atoms with Crippen molar-refractivity contribution in [1.82, 2.24) is 15.3 Å². The molecule has 5 rings (SSSR count). The number of nitrogens with zero attached hydrogens (tertiary/aromatic N) is 2. The Bertz CT molecular complexity index is 896. The summed E-state index contributed by atoms with van der Waals surface area (Å²) in [5.41, 5.74) is 4.82. The summed E-state index contributed by atoms with van der Waals surface area (Å²) in [4.78, 5) is 30.2. The first kappa shape index (κ1) is 48.7. The van der Waals surface area contributed by atoms with Crippen LogP contribution in [-0.2, 0) is 19.2 Å². The summed E-state index contributed by atoms with van der Waals surface area (Å²) in [7, 11) is 7.17. The lowest BCUT2D eigenvalue weighted by Crippen LogP contribution is -2.48. The monoisotopic (exact) mass is 741 g/mol. The van der Waals surface area contributed by atoms with Gasteiger partial charge in [0, 0.05) is 58.3 Å². The van der Waals surface area contributed by atoms with Gasteiger partial charge < -0.3 is 30.9 Å². The molecule has 5 N–H and O–H groups in total. The zero-order chi connectivity index (χ0) is 38.9. The lowest BCUT2D eigenvalue weighted by molar-refractivity contribution is -0.144. The van der Waals surface area contributed by atoms with Gasteiger partial charge in [0.05, 0.1) is 12.7 Å². The van der Waals surface area contributed by atoms with Crippen molar-refractivity contribution < 1.29 is 29.4 Å². The third-order valence-electron chi connectivity index (χ3n) is 12.0. The van der Waals surface area contributed by atoms with E-state index in [0.29, 0.717) is 35.2 Å². The maximum atomic E-state index is 13.5. The Balaban J connectivity index is 0.000000662. The van der Waals surface area contributed by atoms with Crippen LogP contribution in [0.4, 0.5) is 0 Å². The van der Waals surface area contributed by atoms with Crippen LogP contribution in [0.3, 0.4) is 0 Å². The maximum Gasteiger partial charge on any atom is 0.223 e. The van der Waals surface area contributed by atoms with Gasteiger partial charge in [0.25, 0.3) is 0 Å². The van der Waals surface area contributed by atoms with Gasteiger partial charge in [0.1, 0.15) is 0 Å². The molecule has 4 saturated carbocycles. The molecule has 0 radical (unpaired) electrons. The van der Waals surface area contributed by atoms with Crippen molar-refractivity contribution in [3.05, 3.63) is 0 Å². The number of nitrogens with one attached hydrogen (secondary N) is 1. The van der Waals surface area contributed by atoms with Crippen LogP contribution in [0.25, 0.3) is 0 Å². The van der Waals surface area contributed by atoms with E-state index in [9.17, 15) is 4.79 Å². The van der Waals surface area contributed by atoms with Crippen molar-refractivity contribution in [3.8, 4) is 0 Å². The Hall–Kier alpha value is -1.30. The number of aliphatic hydroxyl groups excluding tert-OH is 2. The number of aliphatic hydroxyl groups is 2. The molecule has 52 heavy (non-hydrogen) atoms. The number of carbonyl (C=O) groups excluding carboxylic acids is 2. The molecule has 5 aliphatic rings. The van der Waals surface area contributed by atoms with E-state index < -0.39 is 0 Å². The van der Waals surface area contributed by atoms with Crippen LogP contribution in [-0.4, -0.2) is 106 Å². The standard InChI is InChI=1S/C29H53N3O3.C9H18.C2H6O.CH3NO.CH4O/c1-31(2)21-26(18-22-10-5-4-6-11-22)30-29(33)24-13-7-12-23(19-24)27-15-8-14-25(28(27)34-3)20-32-16-9-17-35-32;1-8-5-4-6-9(2,3)7-8;1-2-3;2-1-3;1-2/h22-28H,4-21H2,1-3H3,(H,30,33);8H,4-7H2,1-3H3;3H,2H2,1H3;1H,(H2,2,3);2H,1H3. The minimum atomic E-state index is 0.171. The molecule has 2 amide bonds. The van der Waals surface area contributed by atoms with E-state index >= 15 is 0 Å². The average Bonchev–Trinajstić information content (AvgIpc) is 3.63. The van der Waals surface area contributed by atoms with E-state index in [1.165, 1.54) is 89.9 Å². The first-order valence-corrected chi connectivity index (χ1v) is 21.0. The van der Waals surface area contributed by atoms with Crippen LogP contribution in [0.5, 0.6) is 0 Å². The van der Waals surface area contributed by atoms with E-state index in [1.54, 1.807) is 6.92 Å². The molecular weight excluding hydrogens is 656 g/mol. The number of ether oxygens (including phenoxy) is 1. The number of rotatable bonds is 10. The smallest absolute Gasteiger partial charge is 0.223 e. The second-order valence-corrected chi connectivity index (χ2v) is 17.3. The van der Waals surface area contributed by atoms with Crippen molar-refractivity contribution in [2.24, 2.45) is 46.7 Å². The molecule has 0 aromatic rings. The van der Waals surface area contributed by atoms with E-state index in [0.717, 1.165) is 70.9 Å². The molecule has 0 bridgehead atoms. The molecule has 308 valence electrons. The first-order chi connectivity index (χ1) is 25.0. The highest BCUT2D eigenvalue weighted by Crippen LogP contribution is 2.44. The predicted molar refractivity (Wildman–Crippen MR) is 213 cm³/mol. The Kier molecular flexibility index (Phi) is 26.4. The normalized spacial score (nSPS) is 29.7. The highest BCUT2D eigenvalue weighted by molar-refractivity contribution is 5.79. The fourth-order valence-electron chi connectivity index (χ4n) is 9.96. The molecule has 0 spiro atoms. The Morgan fingerprint density at radius 3 is 2.21 bits per heavy atom. The summed E-state index contributed by atoms with van der Waals surface area (Å²) in [6.45, 7) is 13.0. The molecule has 1 saturated heterocycles. The zero-order valence-corrected chi connectivity index (χ0v) is 35.0. The quantitative estimate of drug-likeness (QED) is 0.180. The molecule has 7 unspecified atom stereocenters. The third kappa shape index (κ3) is 19.3. The van der Waals surface area contributed by atoms with Crippen LogP contribution in [0, 0.1) is 40.9 Å². The second kappa shape index (κ2) is 28.2. The van der Waals surface area contributed by atoms with Gasteiger partial charge in [-0.05, 0) is 101 Å². The van der Waals surface area contributed by atoms with Gasteiger partial charge in [-0.3, -0.25) is 14.4 Å². The molecule has 10 heteroatoms.